The van der Waals surface area contributed by atoms with Crippen molar-refractivity contribution in [1.29, 1.82) is 0 Å². The molecule has 1 unspecified atom stereocenters. The second-order valence-electron chi connectivity index (χ2n) is 3.57. The summed E-state index contributed by atoms with van der Waals surface area (Å²) in [5.41, 5.74) is 0. The van der Waals surface area contributed by atoms with Gasteiger partial charge < -0.3 is 4.90 Å². The summed E-state index contributed by atoms with van der Waals surface area (Å²) in [4.78, 5) is 24.4. The van der Waals surface area contributed by atoms with E-state index in [9.17, 15) is 9.59 Å². The molecule has 0 aromatic heterocycles. The van der Waals surface area contributed by atoms with E-state index in [-0.39, 0.29) is 17.9 Å². The summed E-state index contributed by atoms with van der Waals surface area (Å²) < 4.78 is 0. The second-order valence-corrected chi connectivity index (χ2v) is 3.57. The van der Waals surface area contributed by atoms with Crippen LogP contribution in [0.1, 0.15) is 25.7 Å². The van der Waals surface area contributed by atoms with Crippen LogP contribution in [0.25, 0.3) is 0 Å². The molecule has 4 heteroatoms. The number of nitrogens with zero attached hydrogens (tertiary/aromatic N) is 2. The Balaban J connectivity index is 2.05. The summed E-state index contributed by atoms with van der Waals surface area (Å²) in [6.07, 6.45) is 3.22. The third kappa shape index (κ3) is 1.53. The molecule has 2 aliphatic rings. The molecule has 13 heavy (non-hydrogen) atoms. The molecule has 2 saturated heterocycles. The van der Waals surface area contributed by atoms with E-state index in [2.05, 4.69) is 5.32 Å². The number of hydrogen-bond donors (Lipinski definition) is 0. The number of amides is 2. The van der Waals surface area contributed by atoms with Crippen LogP contribution in [0, 0.1) is 0 Å². The van der Waals surface area contributed by atoms with Crippen LogP contribution in [0.4, 0.5) is 0 Å². The van der Waals surface area contributed by atoms with Crippen molar-refractivity contribution in [1.82, 2.24) is 10.2 Å². The van der Waals surface area contributed by atoms with Gasteiger partial charge in [-0.15, -0.1) is 0 Å². The van der Waals surface area contributed by atoms with Gasteiger partial charge in [0.15, 0.2) is 0 Å². The monoisotopic (exact) mass is 181 g/mol. The van der Waals surface area contributed by atoms with Crippen molar-refractivity contribution in [2.24, 2.45) is 0 Å². The minimum absolute atomic E-state index is 0.0958. The summed E-state index contributed by atoms with van der Waals surface area (Å²) in [5.74, 6) is 0.0250. The van der Waals surface area contributed by atoms with Crippen molar-refractivity contribution in [3.8, 4) is 0 Å². The molecule has 0 N–H and O–H groups in total. The van der Waals surface area contributed by atoms with Gasteiger partial charge in [0.2, 0.25) is 5.91 Å². The van der Waals surface area contributed by atoms with Crippen molar-refractivity contribution in [2.45, 2.75) is 31.7 Å². The fourth-order valence-corrected chi connectivity index (χ4v) is 1.99. The topological polar surface area (TPSA) is 51.5 Å². The quantitative estimate of drug-likeness (QED) is 0.567. The van der Waals surface area contributed by atoms with Crippen molar-refractivity contribution < 1.29 is 9.59 Å². The third-order valence-electron chi connectivity index (χ3n) is 2.67. The number of likely N-dealkylation sites (tertiary alicyclic amines) is 1. The summed E-state index contributed by atoms with van der Waals surface area (Å²) >= 11 is 0. The van der Waals surface area contributed by atoms with Gasteiger partial charge in [-0.25, -0.2) is 5.32 Å². The first-order valence-electron chi connectivity index (χ1n) is 4.80. The van der Waals surface area contributed by atoms with Crippen LogP contribution in [0.15, 0.2) is 0 Å². The van der Waals surface area contributed by atoms with E-state index in [0.29, 0.717) is 13.0 Å². The van der Waals surface area contributed by atoms with Crippen LogP contribution in [-0.2, 0) is 9.59 Å². The Morgan fingerprint density at radius 1 is 1.31 bits per heavy atom. The molecule has 2 rings (SSSR count). The molecular weight excluding hydrogens is 168 g/mol. The third-order valence-corrected chi connectivity index (χ3v) is 2.67. The molecule has 4 nitrogen and oxygen atoms in total. The minimum Gasteiger partial charge on any atom is -0.331 e. The molecule has 1 radical (unpaired) electrons. The van der Waals surface area contributed by atoms with E-state index in [0.717, 1.165) is 25.8 Å². The lowest BCUT2D eigenvalue weighted by molar-refractivity contribution is -0.138. The van der Waals surface area contributed by atoms with E-state index >= 15 is 0 Å². The minimum atomic E-state index is -0.233. The van der Waals surface area contributed by atoms with Crippen LogP contribution in [0.3, 0.4) is 0 Å². The lowest BCUT2D eigenvalue weighted by Crippen LogP contribution is -2.48. The van der Waals surface area contributed by atoms with Gasteiger partial charge in [-0.05, 0) is 19.3 Å². The van der Waals surface area contributed by atoms with Crippen LogP contribution >= 0.6 is 0 Å². The number of carbonyl (C=O) groups is 2. The molecule has 0 saturated carbocycles. The number of piperidine rings is 1. The molecule has 71 valence electrons. The van der Waals surface area contributed by atoms with Gasteiger partial charge in [0.1, 0.15) is 6.04 Å². The highest BCUT2D eigenvalue weighted by Crippen LogP contribution is 2.19. The lowest BCUT2D eigenvalue weighted by atomic mass is 10.1. The van der Waals surface area contributed by atoms with E-state index in [1.807, 2.05) is 0 Å². The Hall–Kier alpha value is -1.06. The molecule has 0 spiro atoms. The van der Waals surface area contributed by atoms with Crippen LogP contribution in [0.5, 0.6) is 0 Å². The van der Waals surface area contributed by atoms with E-state index in [4.69, 9.17) is 0 Å². The molecule has 2 amide bonds. The fourth-order valence-electron chi connectivity index (χ4n) is 1.99. The maximum absolute atomic E-state index is 11.4. The Labute approximate surface area is 77.3 Å². The van der Waals surface area contributed by atoms with Gasteiger partial charge in [-0.1, -0.05) is 0 Å². The average Bonchev–Trinajstić information content (AvgIpc) is 2.52. The Morgan fingerprint density at radius 3 is 2.77 bits per heavy atom. The van der Waals surface area contributed by atoms with Gasteiger partial charge in [0.05, 0.1) is 0 Å². The second kappa shape index (κ2) is 3.36. The van der Waals surface area contributed by atoms with Gasteiger partial charge in [-0.2, -0.15) is 0 Å². The van der Waals surface area contributed by atoms with E-state index in [1.165, 1.54) is 0 Å². The van der Waals surface area contributed by atoms with Crippen LogP contribution < -0.4 is 5.32 Å². The Bertz CT molecular complexity index is 240. The summed E-state index contributed by atoms with van der Waals surface area (Å²) in [6, 6.07) is -0.233. The summed E-state index contributed by atoms with van der Waals surface area (Å²) in [5, 5.41) is 3.86. The molecular formula is C9H13N2O2. The van der Waals surface area contributed by atoms with Gasteiger partial charge in [-0.3, -0.25) is 9.59 Å². The molecule has 2 aliphatic heterocycles. The number of rotatable bonds is 1. The zero-order valence-electron chi connectivity index (χ0n) is 7.53. The highest BCUT2D eigenvalue weighted by molar-refractivity contribution is 5.88. The highest BCUT2D eigenvalue weighted by Gasteiger charge is 2.34. The van der Waals surface area contributed by atoms with Crippen molar-refractivity contribution in [2.75, 3.05) is 13.1 Å². The summed E-state index contributed by atoms with van der Waals surface area (Å²) in [6.45, 7) is 1.38. The summed E-state index contributed by atoms with van der Waals surface area (Å²) in [7, 11) is 0. The fraction of sp³-hybridized carbons (Fsp3) is 0.778. The zero-order chi connectivity index (χ0) is 9.26. The largest absolute Gasteiger partial charge is 0.331 e. The number of hydrogen-bond acceptors (Lipinski definition) is 2. The van der Waals surface area contributed by atoms with Crippen molar-refractivity contribution in [3.63, 3.8) is 0 Å². The van der Waals surface area contributed by atoms with Crippen LogP contribution in [-0.4, -0.2) is 35.8 Å². The first-order chi connectivity index (χ1) is 6.29. The van der Waals surface area contributed by atoms with E-state index < -0.39 is 0 Å². The zero-order valence-corrected chi connectivity index (χ0v) is 7.53. The maximum atomic E-state index is 11.4. The molecule has 0 aromatic carbocycles. The van der Waals surface area contributed by atoms with Crippen molar-refractivity contribution >= 4 is 11.8 Å². The highest BCUT2D eigenvalue weighted by atomic mass is 16.2. The Morgan fingerprint density at radius 2 is 2.15 bits per heavy atom. The standard InChI is InChI=1S/C9H13N2O2/c12-8-4-2-6-11(8)7-3-1-5-10-9(7)13/h7H,1-6H2. The normalized spacial score (nSPS) is 29.2. The molecule has 0 aliphatic carbocycles. The van der Waals surface area contributed by atoms with Crippen LogP contribution in [0.2, 0.25) is 0 Å². The van der Waals surface area contributed by atoms with E-state index in [1.54, 1.807) is 4.90 Å². The first kappa shape index (κ1) is 8.53. The SMILES string of the molecule is O=C1[N]CCCC1N1CCCC1=O. The molecule has 2 heterocycles. The lowest BCUT2D eigenvalue weighted by Gasteiger charge is -2.28. The Kier molecular flexibility index (Phi) is 2.20. The molecule has 0 aromatic rings. The molecule has 1 atom stereocenters. The maximum Gasteiger partial charge on any atom is 0.263 e. The predicted molar refractivity (Wildman–Crippen MR) is 46.0 cm³/mol. The van der Waals surface area contributed by atoms with Gasteiger partial charge in [0, 0.05) is 19.5 Å². The average molecular weight is 181 g/mol. The van der Waals surface area contributed by atoms with Gasteiger partial charge >= 0.3 is 0 Å². The molecule has 0 bridgehead atoms. The smallest absolute Gasteiger partial charge is 0.263 e. The first-order valence-corrected chi connectivity index (χ1v) is 4.80. The predicted octanol–water partition coefficient (Wildman–Crippen LogP) is -0.0978. The molecule has 2 fully saturated rings. The van der Waals surface area contributed by atoms with Crippen molar-refractivity contribution in [3.05, 3.63) is 0 Å². The number of carbonyl (C=O) groups excluding carboxylic acids is 2. The van der Waals surface area contributed by atoms with Gasteiger partial charge in [0.25, 0.3) is 5.91 Å².